The molecule has 25 heavy (non-hydrogen) atoms. The van der Waals surface area contributed by atoms with E-state index in [9.17, 15) is 4.79 Å². The van der Waals surface area contributed by atoms with Crippen molar-refractivity contribution in [2.75, 3.05) is 6.61 Å². The lowest BCUT2D eigenvalue weighted by atomic mass is 10.0. The molecule has 0 unspecified atom stereocenters. The first-order valence-corrected chi connectivity index (χ1v) is 10.3. The van der Waals surface area contributed by atoms with Crippen LogP contribution in [-0.2, 0) is 4.79 Å². The van der Waals surface area contributed by atoms with E-state index in [0.717, 1.165) is 12.8 Å². The Morgan fingerprint density at radius 1 is 0.760 bits per heavy atom. The van der Waals surface area contributed by atoms with Crippen LogP contribution in [0.4, 0.5) is 0 Å². The maximum atomic E-state index is 10.3. The molecule has 0 heterocycles. The van der Waals surface area contributed by atoms with E-state index in [2.05, 4.69) is 6.92 Å². The number of aliphatic hydroxyl groups excluding tert-OH is 1. The number of aliphatic carboxylic acids is 1. The van der Waals surface area contributed by atoms with Crippen molar-refractivity contribution in [2.45, 2.75) is 104 Å². The minimum atomic E-state index is -0.655. The van der Waals surface area contributed by atoms with Gasteiger partial charge in [0.1, 0.15) is 0 Å². The summed E-state index contributed by atoms with van der Waals surface area (Å²) in [5, 5.41) is 16.7. The molecule has 0 aromatic rings. The number of aliphatic hydroxyl groups is 1. The Kier molecular flexibility index (Phi) is 26.3. The lowest BCUT2D eigenvalue weighted by molar-refractivity contribution is -0.137. The van der Waals surface area contributed by atoms with Crippen LogP contribution in [0.25, 0.3) is 0 Å². The fraction of sp³-hybridized carbons (Fsp3) is 0.773. The summed E-state index contributed by atoms with van der Waals surface area (Å²) in [5.41, 5.74) is 0. The quantitative estimate of drug-likeness (QED) is 0.240. The number of carboxylic acids is 1. The van der Waals surface area contributed by atoms with Gasteiger partial charge in [0, 0.05) is 6.42 Å². The van der Waals surface area contributed by atoms with Crippen LogP contribution in [0.5, 0.6) is 0 Å². The molecular weight excluding hydrogens is 312 g/mol. The van der Waals surface area contributed by atoms with E-state index in [1.807, 2.05) is 19.1 Å². The van der Waals surface area contributed by atoms with Gasteiger partial charge in [-0.3, -0.25) is 4.79 Å². The van der Waals surface area contributed by atoms with Crippen LogP contribution in [0.2, 0.25) is 0 Å². The van der Waals surface area contributed by atoms with Gasteiger partial charge in [-0.2, -0.15) is 0 Å². The largest absolute Gasteiger partial charge is 0.481 e. The molecule has 0 saturated carbocycles. The summed E-state index contributed by atoms with van der Waals surface area (Å²) in [5.74, 6) is -0.655. The average Bonchev–Trinajstić information content (AvgIpc) is 2.60. The van der Waals surface area contributed by atoms with Gasteiger partial charge in [0.05, 0.1) is 6.61 Å². The Morgan fingerprint density at radius 2 is 1.20 bits per heavy atom. The van der Waals surface area contributed by atoms with Gasteiger partial charge in [-0.05, 0) is 13.3 Å². The Morgan fingerprint density at radius 3 is 1.56 bits per heavy atom. The molecule has 0 fully saturated rings. The van der Waals surface area contributed by atoms with Crippen LogP contribution >= 0.6 is 0 Å². The molecule has 0 radical (unpaired) electrons. The Balaban J connectivity index is 0. The molecule has 0 amide bonds. The molecule has 0 aliphatic heterocycles. The monoisotopic (exact) mass is 354 g/mol. The van der Waals surface area contributed by atoms with Crippen LogP contribution < -0.4 is 0 Å². The SMILES string of the molecule is CC=CC=CCO.CCCCCCCCCCCCCCCC(=O)O. The maximum Gasteiger partial charge on any atom is 0.303 e. The molecule has 0 rings (SSSR count). The molecule has 0 bridgehead atoms. The van der Waals surface area contributed by atoms with Gasteiger partial charge in [0.2, 0.25) is 0 Å². The lowest BCUT2D eigenvalue weighted by Gasteiger charge is -2.02. The van der Waals surface area contributed by atoms with Crippen LogP contribution in [0, 0.1) is 0 Å². The summed E-state index contributed by atoms with van der Waals surface area (Å²) in [6, 6.07) is 0. The molecule has 0 aliphatic rings. The Hall–Kier alpha value is -1.09. The third-order valence-corrected chi connectivity index (χ3v) is 4.04. The summed E-state index contributed by atoms with van der Waals surface area (Å²) in [6.45, 7) is 4.32. The standard InChI is InChI=1S/C16H32O2.C6H10O/c1-2-3-4-5-6-7-8-9-10-11-12-13-14-15-16(17)18;1-2-3-4-5-6-7/h2-15H2,1H3,(H,17,18);2-5,7H,6H2,1H3. The van der Waals surface area contributed by atoms with Crippen LogP contribution in [0.3, 0.4) is 0 Å². The molecule has 3 heteroatoms. The van der Waals surface area contributed by atoms with Crippen molar-refractivity contribution >= 4 is 5.97 Å². The predicted molar refractivity (Wildman–Crippen MR) is 109 cm³/mol. The molecule has 0 aliphatic carbocycles. The van der Waals surface area contributed by atoms with Crippen molar-refractivity contribution in [3.8, 4) is 0 Å². The average molecular weight is 355 g/mol. The summed E-state index contributed by atoms with van der Waals surface area (Å²) in [7, 11) is 0. The topological polar surface area (TPSA) is 57.5 Å². The first-order valence-electron chi connectivity index (χ1n) is 10.3. The first-order chi connectivity index (χ1) is 12.2. The van der Waals surface area contributed by atoms with Crippen molar-refractivity contribution in [3.05, 3.63) is 24.3 Å². The normalized spacial score (nSPS) is 11.0. The zero-order chi connectivity index (χ0) is 19.0. The van der Waals surface area contributed by atoms with Crippen molar-refractivity contribution in [1.82, 2.24) is 0 Å². The van der Waals surface area contributed by atoms with Crippen LogP contribution in [0.1, 0.15) is 104 Å². The van der Waals surface area contributed by atoms with Crippen LogP contribution in [0.15, 0.2) is 24.3 Å². The number of hydrogen-bond acceptors (Lipinski definition) is 2. The number of hydrogen-bond donors (Lipinski definition) is 2. The molecule has 0 spiro atoms. The van der Waals surface area contributed by atoms with E-state index in [1.165, 1.54) is 70.6 Å². The number of rotatable bonds is 16. The molecule has 2 N–H and O–H groups in total. The van der Waals surface area contributed by atoms with Gasteiger partial charge in [0.15, 0.2) is 0 Å². The van der Waals surface area contributed by atoms with E-state index < -0.39 is 5.97 Å². The lowest BCUT2D eigenvalue weighted by Crippen LogP contribution is -1.93. The van der Waals surface area contributed by atoms with Crippen molar-refractivity contribution in [2.24, 2.45) is 0 Å². The second-order valence-electron chi connectivity index (χ2n) is 6.52. The van der Waals surface area contributed by atoms with E-state index in [0.29, 0.717) is 6.42 Å². The van der Waals surface area contributed by atoms with Crippen molar-refractivity contribution in [1.29, 1.82) is 0 Å². The summed E-state index contributed by atoms with van der Waals surface area (Å²) < 4.78 is 0. The fourth-order valence-corrected chi connectivity index (χ4v) is 2.54. The van der Waals surface area contributed by atoms with Crippen LogP contribution in [-0.4, -0.2) is 22.8 Å². The Labute approximate surface area is 156 Å². The summed E-state index contributed by atoms with van der Waals surface area (Å²) in [4.78, 5) is 10.3. The number of carbonyl (C=O) groups is 1. The maximum absolute atomic E-state index is 10.3. The predicted octanol–water partition coefficient (Wildman–Crippen LogP) is 6.66. The van der Waals surface area contributed by atoms with Gasteiger partial charge in [-0.25, -0.2) is 0 Å². The highest BCUT2D eigenvalue weighted by molar-refractivity contribution is 5.66. The molecule has 0 aromatic carbocycles. The summed E-state index contributed by atoms with van der Waals surface area (Å²) >= 11 is 0. The smallest absolute Gasteiger partial charge is 0.303 e. The third-order valence-electron chi connectivity index (χ3n) is 4.04. The van der Waals surface area contributed by atoms with E-state index in [1.54, 1.807) is 12.2 Å². The first kappa shape index (κ1) is 26.1. The molecule has 3 nitrogen and oxygen atoms in total. The number of carboxylic acid groups (broad SMARTS) is 1. The highest BCUT2D eigenvalue weighted by Gasteiger charge is 1.96. The van der Waals surface area contributed by atoms with Crippen molar-refractivity contribution in [3.63, 3.8) is 0 Å². The fourth-order valence-electron chi connectivity index (χ4n) is 2.54. The Bertz CT molecular complexity index is 308. The number of allylic oxidation sites excluding steroid dienone is 3. The van der Waals surface area contributed by atoms with Gasteiger partial charge >= 0.3 is 5.97 Å². The molecule has 0 saturated heterocycles. The van der Waals surface area contributed by atoms with Gasteiger partial charge in [-0.15, -0.1) is 0 Å². The molecular formula is C22H42O3. The highest BCUT2D eigenvalue weighted by atomic mass is 16.4. The van der Waals surface area contributed by atoms with Gasteiger partial charge in [0.25, 0.3) is 0 Å². The third kappa shape index (κ3) is 31.2. The molecule has 0 atom stereocenters. The second kappa shape index (κ2) is 25.2. The molecule has 0 aromatic heterocycles. The van der Waals surface area contributed by atoms with Gasteiger partial charge in [-0.1, -0.05) is 108 Å². The minimum Gasteiger partial charge on any atom is -0.481 e. The van der Waals surface area contributed by atoms with E-state index in [4.69, 9.17) is 10.2 Å². The zero-order valence-corrected chi connectivity index (χ0v) is 16.7. The van der Waals surface area contributed by atoms with Gasteiger partial charge < -0.3 is 10.2 Å². The zero-order valence-electron chi connectivity index (χ0n) is 16.7. The second-order valence-corrected chi connectivity index (χ2v) is 6.52. The van der Waals surface area contributed by atoms with E-state index >= 15 is 0 Å². The van der Waals surface area contributed by atoms with E-state index in [-0.39, 0.29) is 6.61 Å². The highest BCUT2D eigenvalue weighted by Crippen LogP contribution is 2.12. The summed E-state index contributed by atoms with van der Waals surface area (Å²) in [6.07, 6.45) is 24.5. The number of unbranched alkanes of at least 4 members (excludes halogenated alkanes) is 12. The molecule has 148 valence electrons. The van der Waals surface area contributed by atoms with Crippen molar-refractivity contribution < 1.29 is 15.0 Å². The minimum absolute atomic E-state index is 0.129.